The van der Waals surface area contributed by atoms with E-state index in [-0.39, 0.29) is 29.6 Å². The molecule has 15 heavy (non-hydrogen) atoms. The average Bonchev–Trinajstić information content (AvgIpc) is 2.03. The second-order valence-corrected chi connectivity index (χ2v) is 3.71. The molecule has 0 unspecified atom stereocenters. The van der Waals surface area contributed by atoms with Gasteiger partial charge in [0.05, 0.1) is 0 Å². The number of hydrogen-bond acceptors (Lipinski definition) is 2. The molecule has 1 aliphatic carbocycles. The summed E-state index contributed by atoms with van der Waals surface area (Å²) >= 11 is 2.36. The van der Waals surface area contributed by atoms with Crippen LogP contribution in [0.25, 0.3) is 0 Å². The fourth-order valence-electron chi connectivity index (χ4n) is 1.44. The molecule has 1 aliphatic rings. The third kappa shape index (κ3) is 14.5. The van der Waals surface area contributed by atoms with Crippen LogP contribution < -0.4 is 0 Å². The number of carboxylic acid groups (broad SMARTS) is 2. The first kappa shape index (κ1) is 17.9. The summed E-state index contributed by atoms with van der Waals surface area (Å²) in [5, 5.41) is 15.4. The zero-order valence-electron chi connectivity index (χ0n) is 8.53. The first-order valence-corrected chi connectivity index (χ1v) is 4.96. The van der Waals surface area contributed by atoms with Gasteiger partial charge in [0.15, 0.2) is 0 Å². The molecule has 0 aliphatic heterocycles. The molecule has 0 aromatic carbocycles. The van der Waals surface area contributed by atoms with Crippen LogP contribution in [0.2, 0.25) is 4.59 Å². The van der Waals surface area contributed by atoms with Gasteiger partial charge in [0.2, 0.25) is 0 Å². The predicted octanol–water partition coefficient (Wildman–Crippen LogP) is 0.805. The standard InChI is InChI=1S/C6H11.C3H4O4.Li.Na.H/c1-2-4-6-5-3-1;4-2(5)1-3(6)7;;;/h1H,2-6H2;1H2,(H,4,5)(H,6,7);;;. The fourth-order valence-corrected chi connectivity index (χ4v) is 1.44. The van der Waals surface area contributed by atoms with Gasteiger partial charge >= 0.3 is 95.9 Å². The molecule has 2 N–H and O–H groups in total. The van der Waals surface area contributed by atoms with Gasteiger partial charge in [0.1, 0.15) is 6.42 Å². The minimum absolute atomic E-state index is 0. The monoisotopic (exact) mass is 218 g/mol. The van der Waals surface area contributed by atoms with Crippen LogP contribution in [-0.4, -0.2) is 69.4 Å². The van der Waals surface area contributed by atoms with Crippen LogP contribution in [0.5, 0.6) is 0 Å². The van der Waals surface area contributed by atoms with Crippen molar-refractivity contribution in [2.24, 2.45) is 0 Å². The van der Waals surface area contributed by atoms with E-state index in [0.717, 1.165) is 4.59 Å². The quantitative estimate of drug-likeness (QED) is 0.531. The number of carbonyl (C=O) groups is 2. The van der Waals surface area contributed by atoms with Crippen LogP contribution >= 0.6 is 0 Å². The molecule has 6 heteroatoms. The summed E-state index contributed by atoms with van der Waals surface area (Å²) in [4.78, 5) is 18.9. The Labute approximate surface area is 121 Å². The van der Waals surface area contributed by atoms with Gasteiger partial charge in [-0.3, -0.25) is 9.59 Å². The molecular formula is C9H16LiNaO4. The van der Waals surface area contributed by atoms with Crippen LogP contribution in [0.1, 0.15) is 38.5 Å². The zero-order valence-corrected chi connectivity index (χ0v) is 8.53. The van der Waals surface area contributed by atoms with E-state index < -0.39 is 18.4 Å². The van der Waals surface area contributed by atoms with Gasteiger partial charge in [-0.05, 0) is 0 Å². The normalized spacial score (nSPS) is 15.6. The van der Waals surface area contributed by atoms with E-state index in [1.807, 2.05) is 0 Å². The Morgan fingerprint density at radius 1 is 1.07 bits per heavy atom. The maximum atomic E-state index is 9.43. The molecule has 0 heterocycles. The van der Waals surface area contributed by atoms with Gasteiger partial charge in [-0.2, -0.15) is 0 Å². The van der Waals surface area contributed by atoms with Crippen LogP contribution in [0.15, 0.2) is 0 Å². The Balaban J connectivity index is 0. The molecule has 0 atom stereocenters. The van der Waals surface area contributed by atoms with Crippen LogP contribution in [0, 0.1) is 0 Å². The van der Waals surface area contributed by atoms with Gasteiger partial charge in [0.25, 0.3) is 0 Å². The number of carboxylic acids is 2. The van der Waals surface area contributed by atoms with E-state index in [1.165, 1.54) is 32.1 Å². The first-order chi connectivity index (χ1) is 6.52. The molecule has 0 aromatic rings. The van der Waals surface area contributed by atoms with Crippen LogP contribution in [-0.2, 0) is 9.59 Å². The third-order valence-corrected chi connectivity index (χ3v) is 2.20. The summed E-state index contributed by atoms with van der Waals surface area (Å²) in [6.45, 7) is 0. The summed E-state index contributed by atoms with van der Waals surface area (Å²) in [7, 11) is 0. The molecule has 1 fully saturated rings. The fraction of sp³-hybridized carbons (Fsp3) is 0.778. The SMILES string of the molecule is O=C(O)CC(=O)O.[Li][CH]1CCCCC1.[NaH]. The van der Waals surface area contributed by atoms with Gasteiger partial charge in [0, 0.05) is 0 Å². The van der Waals surface area contributed by atoms with E-state index in [0.29, 0.717) is 0 Å². The van der Waals surface area contributed by atoms with Crippen molar-refractivity contribution in [1.82, 2.24) is 0 Å². The molecule has 4 nitrogen and oxygen atoms in total. The second-order valence-electron chi connectivity index (χ2n) is 3.71. The topological polar surface area (TPSA) is 74.6 Å². The van der Waals surface area contributed by atoms with Crippen molar-refractivity contribution >= 4 is 59.2 Å². The Bertz CT molecular complexity index is 181. The molecule has 1 saturated carbocycles. The van der Waals surface area contributed by atoms with Crippen molar-refractivity contribution < 1.29 is 19.8 Å². The molecule has 78 valence electrons. The molecule has 0 aromatic heterocycles. The van der Waals surface area contributed by atoms with Gasteiger partial charge in [-0.15, -0.1) is 0 Å². The van der Waals surface area contributed by atoms with E-state index in [1.54, 1.807) is 0 Å². The Hall–Kier alpha value is 0.537. The molecule has 0 saturated heterocycles. The Morgan fingerprint density at radius 2 is 1.47 bits per heavy atom. The van der Waals surface area contributed by atoms with Crippen molar-refractivity contribution in [3.8, 4) is 0 Å². The third-order valence-electron chi connectivity index (χ3n) is 2.20. The van der Waals surface area contributed by atoms with E-state index >= 15 is 0 Å². The Morgan fingerprint density at radius 3 is 1.60 bits per heavy atom. The molecule has 0 spiro atoms. The van der Waals surface area contributed by atoms with Crippen LogP contribution in [0.3, 0.4) is 0 Å². The van der Waals surface area contributed by atoms with Crippen molar-refractivity contribution in [2.45, 2.75) is 43.1 Å². The van der Waals surface area contributed by atoms with E-state index in [4.69, 9.17) is 10.2 Å². The van der Waals surface area contributed by atoms with E-state index in [9.17, 15) is 9.59 Å². The molecule has 0 bridgehead atoms. The van der Waals surface area contributed by atoms with E-state index in [2.05, 4.69) is 17.7 Å². The maximum absolute atomic E-state index is 9.43. The van der Waals surface area contributed by atoms with Crippen molar-refractivity contribution in [2.75, 3.05) is 0 Å². The van der Waals surface area contributed by atoms with Crippen LogP contribution in [0.4, 0.5) is 0 Å². The minimum atomic E-state index is -1.31. The summed E-state index contributed by atoms with van der Waals surface area (Å²) in [5.41, 5.74) is 0. The molecular weight excluding hydrogens is 202 g/mol. The average molecular weight is 218 g/mol. The number of hydrogen-bond donors (Lipinski definition) is 2. The van der Waals surface area contributed by atoms with Crippen molar-refractivity contribution in [3.63, 3.8) is 0 Å². The summed E-state index contributed by atoms with van der Waals surface area (Å²) in [6, 6.07) is 0. The summed E-state index contributed by atoms with van der Waals surface area (Å²) in [5.74, 6) is -2.62. The summed E-state index contributed by atoms with van der Waals surface area (Å²) in [6.07, 6.45) is 6.63. The van der Waals surface area contributed by atoms with Crippen molar-refractivity contribution in [3.05, 3.63) is 0 Å². The van der Waals surface area contributed by atoms with Gasteiger partial charge < -0.3 is 10.2 Å². The predicted molar refractivity (Wildman–Crippen MR) is 59.6 cm³/mol. The van der Waals surface area contributed by atoms with Gasteiger partial charge in [-0.1, -0.05) is 0 Å². The summed E-state index contributed by atoms with van der Waals surface area (Å²) < 4.78 is 1.04. The Kier molecular flexibility index (Phi) is 13.2. The molecule has 0 amide bonds. The number of rotatable bonds is 2. The second kappa shape index (κ2) is 11.0. The molecule has 1 rings (SSSR count). The number of aliphatic carboxylic acids is 2. The van der Waals surface area contributed by atoms with Crippen molar-refractivity contribution in [1.29, 1.82) is 0 Å². The molecule has 0 radical (unpaired) electrons. The zero-order chi connectivity index (χ0) is 11.0. The van der Waals surface area contributed by atoms with Gasteiger partial charge in [-0.25, -0.2) is 0 Å². The first-order valence-electron chi connectivity index (χ1n) is 4.96.